The van der Waals surface area contributed by atoms with Crippen molar-refractivity contribution in [1.82, 2.24) is 15.1 Å². The Morgan fingerprint density at radius 2 is 2.00 bits per heavy atom. The molecule has 6 nitrogen and oxygen atoms in total. The zero-order chi connectivity index (χ0) is 20.1. The van der Waals surface area contributed by atoms with Gasteiger partial charge in [-0.3, -0.25) is 9.89 Å². The van der Waals surface area contributed by atoms with Crippen LogP contribution >= 0.6 is 0 Å². The molecule has 4 rings (SSSR count). The molecule has 3 aliphatic heterocycles. The number of hydrogen-bond acceptors (Lipinski definition) is 4. The van der Waals surface area contributed by atoms with Crippen molar-refractivity contribution in [3.8, 4) is 5.75 Å². The van der Waals surface area contributed by atoms with Crippen LogP contribution < -0.4 is 10.1 Å². The van der Waals surface area contributed by atoms with E-state index in [1.165, 1.54) is 31.2 Å². The number of rotatable bonds is 6. The summed E-state index contributed by atoms with van der Waals surface area (Å²) in [6.45, 7) is 10.1. The van der Waals surface area contributed by atoms with Gasteiger partial charge in [-0.15, -0.1) is 0 Å². The van der Waals surface area contributed by atoms with Crippen molar-refractivity contribution in [2.24, 2.45) is 10.4 Å². The molecule has 2 unspecified atom stereocenters. The zero-order valence-corrected chi connectivity index (χ0v) is 18.0. The van der Waals surface area contributed by atoms with Gasteiger partial charge in [0.2, 0.25) is 0 Å². The number of nitrogens with zero attached hydrogens (tertiary/aromatic N) is 3. The summed E-state index contributed by atoms with van der Waals surface area (Å²) in [6, 6.07) is 8.86. The van der Waals surface area contributed by atoms with Crippen molar-refractivity contribution in [2.45, 2.75) is 38.6 Å². The number of guanidine groups is 1. The summed E-state index contributed by atoms with van der Waals surface area (Å²) in [4.78, 5) is 10.2. The number of ether oxygens (including phenoxy) is 2. The molecule has 6 heteroatoms. The van der Waals surface area contributed by atoms with Gasteiger partial charge in [0, 0.05) is 31.7 Å². The molecule has 1 aromatic rings. The summed E-state index contributed by atoms with van der Waals surface area (Å²) < 4.78 is 11.1. The van der Waals surface area contributed by atoms with E-state index in [-0.39, 0.29) is 0 Å². The van der Waals surface area contributed by atoms with Crippen LogP contribution in [0.3, 0.4) is 0 Å². The van der Waals surface area contributed by atoms with Crippen molar-refractivity contribution < 1.29 is 9.47 Å². The van der Waals surface area contributed by atoms with Gasteiger partial charge in [-0.05, 0) is 63.4 Å². The van der Waals surface area contributed by atoms with E-state index in [2.05, 4.69) is 46.3 Å². The maximum absolute atomic E-state index is 5.71. The third kappa shape index (κ3) is 4.69. The van der Waals surface area contributed by atoms with E-state index in [0.29, 0.717) is 11.5 Å². The lowest BCUT2D eigenvalue weighted by atomic mass is 9.87. The molecule has 0 bridgehead atoms. The predicted molar refractivity (Wildman–Crippen MR) is 117 cm³/mol. The quantitative estimate of drug-likeness (QED) is 0.588. The van der Waals surface area contributed by atoms with Crippen LogP contribution in [0.5, 0.6) is 5.75 Å². The summed E-state index contributed by atoms with van der Waals surface area (Å²) >= 11 is 0. The molecule has 0 amide bonds. The van der Waals surface area contributed by atoms with E-state index in [4.69, 9.17) is 14.5 Å². The van der Waals surface area contributed by atoms with Crippen molar-refractivity contribution >= 4 is 5.96 Å². The molecule has 3 fully saturated rings. The van der Waals surface area contributed by atoms with Gasteiger partial charge < -0.3 is 19.7 Å². The van der Waals surface area contributed by atoms with Crippen LogP contribution in [0.25, 0.3) is 0 Å². The van der Waals surface area contributed by atoms with Crippen LogP contribution in [-0.2, 0) is 4.74 Å². The first kappa shape index (κ1) is 20.5. The highest BCUT2D eigenvalue weighted by Crippen LogP contribution is 2.38. The fourth-order valence-corrected chi connectivity index (χ4v) is 5.00. The summed E-state index contributed by atoms with van der Waals surface area (Å²) in [5.74, 6) is 1.97. The van der Waals surface area contributed by atoms with E-state index < -0.39 is 0 Å². The molecule has 2 atom stereocenters. The smallest absolute Gasteiger partial charge is 0.194 e. The Hall–Kier alpha value is -1.79. The highest BCUT2D eigenvalue weighted by Gasteiger charge is 2.42. The lowest BCUT2D eigenvalue weighted by Gasteiger charge is -2.29. The number of aliphatic imine (C=N–C) groups is 1. The van der Waals surface area contributed by atoms with E-state index in [1.54, 1.807) is 7.11 Å². The van der Waals surface area contributed by atoms with Gasteiger partial charge in [-0.1, -0.05) is 12.1 Å². The van der Waals surface area contributed by atoms with Gasteiger partial charge in [0.05, 0.1) is 26.3 Å². The molecule has 0 aromatic heterocycles. The normalized spacial score (nSPS) is 26.4. The summed E-state index contributed by atoms with van der Waals surface area (Å²) in [5.41, 5.74) is 1.68. The molecule has 29 heavy (non-hydrogen) atoms. The van der Waals surface area contributed by atoms with Crippen LogP contribution in [-0.4, -0.2) is 75.4 Å². The summed E-state index contributed by atoms with van der Waals surface area (Å²) in [6.07, 6.45) is 4.97. The summed E-state index contributed by atoms with van der Waals surface area (Å²) in [5, 5.41) is 3.54. The monoisotopic (exact) mass is 400 g/mol. The third-order valence-corrected chi connectivity index (χ3v) is 6.75. The van der Waals surface area contributed by atoms with Crippen molar-refractivity contribution in [1.29, 1.82) is 0 Å². The maximum atomic E-state index is 5.71. The molecule has 3 heterocycles. The fourth-order valence-electron chi connectivity index (χ4n) is 5.00. The minimum Gasteiger partial charge on any atom is -0.497 e. The van der Waals surface area contributed by atoms with E-state index in [0.717, 1.165) is 64.2 Å². The largest absolute Gasteiger partial charge is 0.497 e. The SMILES string of the molecule is CCNC(=NCC(c1ccc(OC)cc1)N1CCCC1)N1CCC2(CCOC2)C1. The van der Waals surface area contributed by atoms with Gasteiger partial charge in [-0.2, -0.15) is 0 Å². The Morgan fingerprint density at radius 1 is 1.21 bits per heavy atom. The topological polar surface area (TPSA) is 49.3 Å². The predicted octanol–water partition coefficient (Wildman–Crippen LogP) is 2.91. The minimum absolute atomic E-state index is 0.323. The Morgan fingerprint density at radius 3 is 2.66 bits per heavy atom. The second kappa shape index (κ2) is 9.35. The molecular formula is C23H36N4O2. The molecule has 3 aliphatic rings. The molecule has 0 aliphatic carbocycles. The average Bonchev–Trinajstić information content (AvgIpc) is 3.52. The van der Waals surface area contributed by atoms with Crippen LogP contribution in [0, 0.1) is 5.41 Å². The van der Waals surface area contributed by atoms with Gasteiger partial charge in [0.15, 0.2) is 5.96 Å². The van der Waals surface area contributed by atoms with Crippen LogP contribution in [0.15, 0.2) is 29.3 Å². The summed E-state index contributed by atoms with van der Waals surface area (Å²) in [7, 11) is 1.72. The van der Waals surface area contributed by atoms with Gasteiger partial charge in [0.25, 0.3) is 0 Å². The van der Waals surface area contributed by atoms with Gasteiger partial charge in [-0.25, -0.2) is 0 Å². The first-order chi connectivity index (χ1) is 14.2. The van der Waals surface area contributed by atoms with Gasteiger partial charge in [0.1, 0.15) is 5.75 Å². The lowest BCUT2D eigenvalue weighted by molar-refractivity contribution is 0.156. The van der Waals surface area contributed by atoms with E-state index in [1.807, 2.05) is 0 Å². The standard InChI is InChI=1S/C23H36N4O2/c1-3-24-22(27-14-10-23(17-27)11-15-29-18-23)25-16-21(26-12-4-5-13-26)19-6-8-20(28-2)9-7-19/h6-9,21H,3-5,10-18H2,1-2H3,(H,24,25). The number of methoxy groups -OCH3 is 1. The molecule has 0 saturated carbocycles. The molecule has 1 spiro atoms. The second-order valence-corrected chi connectivity index (χ2v) is 8.70. The first-order valence-electron chi connectivity index (χ1n) is 11.2. The van der Waals surface area contributed by atoms with Crippen molar-refractivity contribution in [2.75, 3.05) is 59.6 Å². The average molecular weight is 401 g/mol. The van der Waals surface area contributed by atoms with Crippen molar-refractivity contribution in [3.05, 3.63) is 29.8 Å². The Balaban J connectivity index is 1.50. The molecule has 1 N–H and O–H groups in total. The molecule has 0 radical (unpaired) electrons. The lowest BCUT2D eigenvalue weighted by Crippen LogP contribution is -2.42. The van der Waals surface area contributed by atoms with E-state index in [9.17, 15) is 0 Å². The van der Waals surface area contributed by atoms with Gasteiger partial charge >= 0.3 is 0 Å². The molecule has 1 aromatic carbocycles. The zero-order valence-electron chi connectivity index (χ0n) is 18.0. The second-order valence-electron chi connectivity index (χ2n) is 8.70. The minimum atomic E-state index is 0.323. The van der Waals surface area contributed by atoms with Crippen LogP contribution in [0.1, 0.15) is 44.2 Å². The molecular weight excluding hydrogens is 364 g/mol. The maximum Gasteiger partial charge on any atom is 0.194 e. The first-order valence-corrected chi connectivity index (χ1v) is 11.2. The van der Waals surface area contributed by atoms with Crippen molar-refractivity contribution in [3.63, 3.8) is 0 Å². The highest BCUT2D eigenvalue weighted by molar-refractivity contribution is 5.80. The number of hydrogen-bond donors (Lipinski definition) is 1. The third-order valence-electron chi connectivity index (χ3n) is 6.75. The number of likely N-dealkylation sites (tertiary alicyclic amines) is 2. The Labute approximate surface area is 175 Å². The molecule has 3 saturated heterocycles. The Bertz CT molecular complexity index is 679. The number of nitrogens with one attached hydrogen (secondary N) is 1. The fraction of sp³-hybridized carbons (Fsp3) is 0.696. The van der Waals surface area contributed by atoms with Crippen LogP contribution in [0.4, 0.5) is 0 Å². The van der Waals surface area contributed by atoms with Crippen LogP contribution in [0.2, 0.25) is 0 Å². The Kier molecular flexibility index (Phi) is 6.60. The highest BCUT2D eigenvalue weighted by atomic mass is 16.5. The number of benzene rings is 1. The molecule has 160 valence electrons. The van der Waals surface area contributed by atoms with E-state index >= 15 is 0 Å².